The van der Waals surface area contributed by atoms with Crippen LogP contribution in [0, 0.1) is 0 Å². The Morgan fingerprint density at radius 1 is 1.00 bits per heavy atom. The maximum atomic E-state index is 12.9. The van der Waals surface area contributed by atoms with Gasteiger partial charge in [-0.15, -0.1) is 11.6 Å². The van der Waals surface area contributed by atoms with Gasteiger partial charge in [0.05, 0.1) is 20.2 Å². The molecule has 0 fully saturated rings. The normalized spacial score (nSPS) is 11.3. The molecule has 2 rings (SSSR count). The quantitative estimate of drug-likeness (QED) is 0.374. The van der Waals surface area contributed by atoms with Gasteiger partial charge >= 0.3 is 0 Å². The number of rotatable bonds is 12. The zero-order valence-corrected chi connectivity index (χ0v) is 18.9. The number of amides is 3. The Bertz CT molecular complexity index is 877. The fourth-order valence-corrected chi connectivity index (χ4v) is 3.16. The Kier molecular flexibility index (Phi) is 10.5. The number of hydrogen-bond donors (Lipinski definition) is 2. The van der Waals surface area contributed by atoms with E-state index in [0.29, 0.717) is 36.6 Å². The Morgan fingerprint density at radius 2 is 1.69 bits per heavy atom. The van der Waals surface area contributed by atoms with Gasteiger partial charge < -0.3 is 25.0 Å². The number of ether oxygens (including phenoxy) is 2. The van der Waals surface area contributed by atoms with Gasteiger partial charge in [-0.1, -0.05) is 30.3 Å². The van der Waals surface area contributed by atoms with Crippen LogP contribution in [0.15, 0.2) is 54.6 Å². The maximum absolute atomic E-state index is 12.9. The lowest BCUT2D eigenvalue weighted by Crippen LogP contribution is -2.44. The molecule has 2 N–H and O–H groups in total. The van der Waals surface area contributed by atoms with Crippen molar-refractivity contribution in [3.8, 4) is 5.75 Å². The first-order chi connectivity index (χ1) is 15.4. The number of nitrogens with one attached hydrogen (secondary N) is 2. The van der Waals surface area contributed by atoms with Crippen LogP contribution in [0.25, 0.3) is 0 Å². The van der Waals surface area contributed by atoms with Crippen LogP contribution in [-0.2, 0) is 19.1 Å². The highest BCUT2D eigenvalue weighted by Crippen LogP contribution is 2.22. The Labute approximate surface area is 192 Å². The molecule has 0 heterocycles. The van der Waals surface area contributed by atoms with E-state index < -0.39 is 11.3 Å². The number of carbonyl (C=O) groups is 3. The van der Waals surface area contributed by atoms with Crippen molar-refractivity contribution >= 4 is 35.0 Å². The van der Waals surface area contributed by atoms with E-state index >= 15 is 0 Å². The molecule has 9 heteroatoms. The van der Waals surface area contributed by atoms with Crippen LogP contribution in [0.3, 0.4) is 0 Å². The lowest BCUT2D eigenvalue weighted by molar-refractivity contribution is -0.136. The predicted octanol–water partition coefficient (Wildman–Crippen LogP) is 2.60. The van der Waals surface area contributed by atoms with Gasteiger partial charge in [0.2, 0.25) is 17.7 Å². The molecular weight excluding hydrogens is 434 g/mol. The number of benzene rings is 2. The van der Waals surface area contributed by atoms with Crippen molar-refractivity contribution < 1.29 is 23.9 Å². The SMILES string of the molecule is COCCCN(CC(=O)NCC(=O)Nc1ccc(OC)cc1)C(=O)C(Cl)c1ccccc1. The van der Waals surface area contributed by atoms with Crippen LogP contribution in [0.5, 0.6) is 5.75 Å². The minimum Gasteiger partial charge on any atom is -0.497 e. The lowest BCUT2D eigenvalue weighted by Gasteiger charge is -2.24. The summed E-state index contributed by atoms with van der Waals surface area (Å²) < 4.78 is 10.1. The van der Waals surface area contributed by atoms with E-state index in [1.165, 1.54) is 4.90 Å². The zero-order chi connectivity index (χ0) is 23.3. The van der Waals surface area contributed by atoms with Crippen molar-refractivity contribution in [1.29, 1.82) is 0 Å². The summed E-state index contributed by atoms with van der Waals surface area (Å²) in [7, 11) is 3.12. The summed E-state index contributed by atoms with van der Waals surface area (Å²) in [4.78, 5) is 38.8. The molecular formula is C23H28ClN3O5. The van der Waals surface area contributed by atoms with E-state index in [-0.39, 0.29) is 24.9 Å². The van der Waals surface area contributed by atoms with E-state index in [2.05, 4.69) is 10.6 Å². The third-order valence-corrected chi connectivity index (χ3v) is 4.99. The number of methoxy groups -OCH3 is 2. The second-order valence-corrected chi connectivity index (χ2v) is 7.37. The molecule has 32 heavy (non-hydrogen) atoms. The fraction of sp³-hybridized carbons (Fsp3) is 0.348. The summed E-state index contributed by atoms with van der Waals surface area (Å²) in [6.07, 6.45) is 0.547. The zero-order valence-electron chi connectivity index (χ0n) is 18.2. The van der Waals surface area contributed by atoms with Crippen LogP contribution in [-0.4, -0.2) is 63.1 Å². The number of halogens is 1. The lowest BCUT2D eigenvalue weighted by atomic mass is 10.1. The van der Waals surface area contributed by atoms with Crippen molar-refractivity contribution in [2.75, 3.05) is 45.8 Å². The van der Waals surface area contributed by atoms with Crippen molar-refractivity contribution in [3.05, 3.63) is 60.2 Å². The predicted molar refractivity (Wildman–Crippen MR) is 123 cm³/mol. The van der Waals surface area contributed by atoms with Crippen molar-refractivity contribution in [2.24, 2.45) is 0 Å². The number of nitrogens with zero attached hydrogens (tertiary/aromatic N) is 1. The number of alkyl halides is 1. The van der Waals surface area contributed by atoms with Gasteiger partial charge in [-0.25, -0.2) is 0 Å². The molecule has 0 spiro atoms. The minimum atomic E-state index is -0.912. The molecule has 1 atom stereocenters. The first kappa shape index (κ1) is 25.2. The van der Waals surface area contributed by atoms with Crippen LogP contribution in [0.1, 0.15) is 17.4 Å². The van der Waals surface area contributed by atoms with Crippen molar-refractivity contribution in [2.45, 2.75) is 11.8 Å². The second kappa shape index (κ2) is 13.3. The first-order valence-electron chi connectivity index (χ1n) is 10.1. The Hall–Kier alpha value is -3.10. The monoisotopic (exact) mass is 461 g/mol. The molecule has 2 aromatic rings. The van der Waals surface area contributed by atoms with E-state index in [0.717, 1.165) is 0 Å². The van der Waals surface area contributed by atoms with Gasteiger partial charge in [0, 0.05) is 25.9 Å². The fourth-order valence-electron chi connectivity index (χ4n) is 2.88. The molecule has 0 saturated heterocycles. The molecule has 0 aliphatic rings. The number of carbonyl (C=O) groups excluding carboxylic acids is 3. The average Bonchev–Trinajstić information content (AvgIpc) is 2.82. The van der Waals surface area contributed by atoms with Gasteiger partial charge in [-0.2, -0.15) is 0 Å². The van der Waals surface area contributed by atoms with Crippen LogP contribution in [0.4, 0.5) is 5.69 Å². The highest BCUT2D eigenvalue weighted by Gasteiger charge is 2.25. The summed E-state index contributed by atoms with van der Waals surface area (Å²) in [6.45, 7) is 0.296. The highest BCUT2D eigenvalue weighted by atomic mass is 35.5. The molecule has 8 nitrogen and oxygen atoms in total. The van der Waals surface area contributed by atoms with Crippen molar-refractivity contribution in [3.63, 3.8) is 0 Å². The summed E-state index contributed by atoms with van der Waals surface area (Å²) in [5.74, 6) is -0.563. The van der Waals surface area contributed by atoms with E-state index in [1.807, 2.05) is 6.07 Å². The number of hydrogen-bond acceptors (Lipinski definition) is 5. The van der Waals surface area contributed by atoms with E-state index in [1.54, 1.807) is 62.8 Å². The van der Waals surface area contributed by atoms with Crippen LogP contribution >= 0.6 is 11.6 Å². The standard InChI is InChI=1S/C23H28ClN3O5/c1-31-14-6-13-27(23(30)22(24)17-7-4-3-5-8-17)16-21(29)25-15-20(28)26-18-9-11-19(32-2)12-10-18/h3-5,7-12,22H,6,13-16H2,1-2H3,(H,25,29)(H,26,28). The molecule has 3 amide bonds. The van der Waals surface area contributed by atoms with Gasteiger partial charge in [0.15, 0.2) is 0 Å². The van der Waals surface area contributed by atoms with Crippen molar-refractivity contribution in [1.82, 2.24) is 10.2 Å². The van der Waals surface area contributed by atoms with Crippen LogP contribution in [0.2, 0.25) is 0 Å². The summed E-state index contributed by atoms with van der Waals surface area (Å²) >= 11 is 6.36. The largest absolute Gasteiger partial charge is 0.497 e. The smallest absolute Gasteiger partial charge is 0.245 e. The average molecular weight is 462 g/mol. The molecule has 0 aliphatic carbocycles. The molecule has 0 aromatic heterocycles. The molecule has 0 radical (unpaired) electrons. The van der Waals surface area contributed by atoms with Gasteiger partial charge in [-0.05, 0) is 36.2 Å². The molecule has 0 bridgehead atoms. The molecule has 0 aliphatic heterocycles. The minimum absolute atomic E-state index is 0.214. The first-order valence-corrected chi connectivity index (χ1v) is 10.6. The molecule has 0 saturated carbocycles. The summed E-state index contributed by atoms with van der Waals surface area (Å²) in [5.41, 5.74) is 1.23. The van der Waals surface area contributed by atoms with Crippen LogP contribution < -0.4 is 15.4 Å². The molecule has 172 valence electrons. The Morgan fingerprint density at radius 3 is 2.31 bits per heavy atom. The Balaban J connectivity index is 1.90. The van der Waals surface area contributed by atoms with E-state index in [4.69, 9.17) is 21.1 Å². The van der Waals surface area contributed by atoms with E-state index in [9.17, 15) is 14.4 Å². The summed E-state index contributed by atoms with van der Waals surface area (Å²) in [5, 5.41) is 4.30. The molecule has 1 unspecified atom stereocenters. The second-order valence-electron chi connectivity index (χ2n) is 6.93. The number of anilines is 1. The third kappa shape index (κ3) is 8.20. The maximum Gasteiger partial charge on any atom is 0.245 e. The highest BCUT2D eigenvalue weighted by molar-refractivity contribution is 6.30. The molecule has 2 aromatic carbocycles. The van der Waals surface area contributed by atoms with Gasteiger partial charge in [-0.3, -0.25) is 14.4 Å². The third-order valence-electron chi connectivity index (χ3n) is 4.55. The van der Waals surface area contributed by atoms with Gasteiger partial charge in [0.1, 0.15) is 11.1 Å². The van der Waals surface area contributed by atoms with Gasteiger partial charge in [0.25, 0.3) is 0 Å². The topological polar surface area (TPSA) is 97.0 Å². The summed E-state index contributed by atoms with van der Waals surface area (Å²) in [6, 6.07) is 15.7.